The molecule has 0 fully saturated rings. The Bertz CT molecular complexity index is 501. The highest BCUT2D eigenvalue weighted by molar-refractivity contribution is 6.75. The number of benzene rings is 1. The highest BCUT2D eigenvalue weighted by Gasteiger charge is 2.40. The Morgan fingerprint density at radius 1 is 1.10 bits per heavy atom. The van der Waals surface area contributed by atoms with E-state index in [0.717, 1.165) is 0 Å². The van der Waals surface area contributed by atoms with E-state index in [-0.39, 0.29) is 16.9 Å². The summed E-state index contributed by atoms with van der Waals surface area (Å²) in [4.78, 5) is 23.1. The monoisotopic (exact) mass is 293 g/mol. The SMILES string of the molecule is CC(=O)Nc1ccc(C(=O)O[Si](C)(C)C(C)(C)C)cc1. The molecule has 0 spiro atoms. The number of amides is 1. The summed E-state index contributed by atoms with van der Waals surface area (Å²) in [6.07, 6.45) is 0. The zero-order chi connectivity index (χ0) is 15.6. The van der Waals surface area contributed by atoms with Gasteiger partial charge in [-0.25, -0.2) is 4.79 Å². The van der Waals surface area contributed by atoms with Crippen molar-refractivity contribution in [3.05, 3.63) is 29.8 Å². The van der Waals surface area contributed by atoms with Crippen molar-refractivity contribution in [2.24, 2.45) is 0 Å². The molecule has 0 aliphatic carbocycles. The molecule has 5 heteroatoms. The van der Waals surface area contributed by atoms with Crippen molar-refractivity contribution in [1.29, 1.82) is 0 Å². The minimum atomic E-state index is -2.11. The van der Waals surface area contributed by atoms with Crippen molar-refractivity contribution < 1.29 is 14.0 Å². The van der Waals surface area contributed by atoms with Crippen molar-refractivity contribution in [3.8, 4) is 0 Å². The third-order valence-electron chi connectivity index (χ3n) is 3.60. The fraction of sp³-hybridized carbons (Fsp3) is 0.467. The average molecular weight is 293 g/mol. The molecular formula is C15H23NO3Si. The lowest BCUT2D eigenvalue weighted by atomic mass is 10.2. The van der Waals surface area contributed by atoms with Crippen LogP contribution in [0.25, 0.3) is 0 Å². The molecule has 0 bridgehead atoms. The summed E-state index contributed by atoms with van der Waals surface area (Å²) in [5, 5.41) is 2.65. The summed E-state index contributed by atoms with van der Waals surface area (Å²) in [7, 11) is -2.11. The van der Waals surface area contributed by atoms with Crippen LogP contribution in [0, 0.1) is 0 Å². The summed E-state index contributed by atoms with van der Waals surface area (Å²) >= 11 is 0. The van der Waals surface area contributed by atoms with Crippen molar-refractivity contribution in [2.45, 2.75) is 45.8 Å². The van der Waals surface area contributed by atoms with Crippen molar-refractivity contribution in [3.63, 3.8) is 0 Å². The predicted molar refractivity (Wildman–Crippen MR) is 83.4 cm³/mol. The van der Waals surface area contributed by atoms with Gasteiger partial charge in [0.05, 0.1) is 5.56 Å². The quantitative estimate of drug-likeness (QED) is 0.862. The molecular weight excluding hydrogens is 270 g/mol. The Labute approximate surface area is 121 Å². The molecule has 0 saturated heterocycles. The van der Waals surface area contributed by atoms with Gasteiger partial charge in [0.2, 0.25) is 5.91 Å². The lowest BCUT2D eigenvalue weighted by Gasteiger charge is -2.35. The maximum absolute atomic E-state index is 12.2. The van der Waals surface area contributed by atoms with E-state index < -0.39 is 8.32 Å². The normalized spacial score (nSPS) is 11.9. The Kier molecular flexibility index (Phi) is 4.75. The number of carbonyl (C=O) groups excluding carboxylic acids is 2. The average Bonchev–Trinajstić information content (AvgIpc) is 2.26. The van der Waals surface area contributed by atoms with Crippen molar-refractivity contribution >= 4 is 25.9 Å². The molecule has 1 amide bonds. The highest BCUT2D eigenvalue weighted by Crippen LogP contribution is 2.37. The Morgan fingerprint density at radius 2 is 1.60 bits per heavy atom. The second-order valence-corrected chi connectivity index (χ2v) is 11.1. The zero-order valence-corrected chi connectivity index (χ0v) is 14.0. The van der Waals surface area contributed by atoms with Gasteiger partial charge in [-0.15, -0.1) is 0 Å². The van der Waals surface area contributed by atoms with Crippen LogP contribution >= 0.6 is 0 Å². The summed E-state index contributed by atoms with van der Waals surface area (Å²) in [6.45, 7) is 11.8. The van der Waals surface area contributed by atoms with Crippen LogP contribution in [0.4, 0.5) is 5.69 Å². The molecule has 0 saturated carbocycles. The molecule has 0 aliphatic heterocycles. The van der Waals surface area contributed by atoms with Crippen LogP contribution in [0.1, 0.15) is 38.1 Å². The lowest BCUT2D eigenvalue weighted by Crippen LogP contribution is -2.42. The first-order valence-electron chi connectivity index (χ1n) is 6.64. The van der Waals surface area contributed by atoms with Gasteiger partial charge in [0, 0.05) is 12.6 Å². The molecule has 1 aromatic rings. The zero-order valence-electron chi connectivity index (χ0n) is 13.0. The van der Waals surface area contributed by atoms with Gasteiger partial charge in [-0.1, -0.05) is 20.8 Å². The first kappa shape index (κ1) is 16.4. The van der Waals surface area contributed by atoms with E-state index in [4.69, 9.17) is 4.43 Å². The van der Waals surface area contributed by atoms with Crippen LogP contribution < -0.4 is 5.32 Å². The van der Waals surface area contributed by atoms with Gasteiger partial charge in [0.1, 0.15) is 0 Å². The van der Waals surface area contributed by atoms with E-state index in [9.17, 15) is 9.59 Å². The van der Waals surface area contributed by atoms with Gasteiger partial charge in [0.25, 0.3) is 8.32 Å². The number of nitrogens with one attached hydrogen (secondary N) is 1. The van der Waals surface area contributed by atoms with Crippen LogP contribution in [-0.2, 0) is 9.22 Å². The molecule has 1 N–H and O–H groups in total. The predicted octanol–water partition coefficient (Wildman–Crippen LogP) is 3.81. The van der Waals surface area contributed by atoms with E-state index in [1.807, 2.05) is 13.1 Å². The molecule has 0 unspecified atom stereocenters. The first-order chi connectivity index (χ1) is 9.03. The lowest BCUT2D eigenvalue weighted by molar-refractivity contribution is -0.114. The molecule has 0 heterocycles. The van der Waals surface area contributed by atoms with Crippen LogP contribution in [0.2, 0.25) is 18.1 Å². The largest absolute Gasteiger partial charge is 0.516 e. The second kappa shape index (κ2) is 5.79. The summed E-state index contributed by atoms with van der Waals surface area (Å²) in [5.41, 5.74) is 1.17. The molecule has 4 nitrogen and oxygen atoms in total. The van der Waals surface area contributed by atoms with Crippen LogP contribution in [-0.4, -0.2) is 20.2 Å². The van der Waals surface area contributed by atoms with Crippen LogP contribution in [0.15, 0.2) is 24.3 Å². The van der Waals surface area contributed by atoms with Gasteiger partial charge in [0.15, 0.2) is 0 Å². The number of rotatable bonds is 3. The first-order valence-corrected chi connectivity index (χ1v) is 9.55. The summed E-state index contributed by atoms with van der Waals surface area (Å²) in [6, 6.07) is 6.73. The van der Waals surface area contributed by atoms with Crippen molar-refractivity contribution in [2.75, 3.05) is 5.32 Å². The maximum Gasteiger partial charge on any atom is 0.324 e. The molecule has 0 aromatic heterocycles. The van der Waals surface area contributed by atoms with Gasteiger partial charge in [-0.05, 0) is 42.4 Å². The van der Waals surface area contributed by atoms with Gasteiger partial charge in [-0.3, -0.25) is 4.79 Å². The molecule has 1 rings (SSSR count). The molecule has 110 valence electrons. The summed E-state index contributed by atoms with van der Waals surface area (Å²) < 4.78 is 5.72. The third-order valence-corrected chi connectivity index (χ3v) is 7.90. The van der Waals surface area contributed by atoms with Gasteiger partial charge < -0.3 is 9.74 Å². The van der Waals surface area contributed by atoms with E-state index in [0.29, 0.717) is 11.3 Å². The molecule has 0 radical (unpaired) electrons. The maximum atomic E-state index is 12.2. The van der Waals surface area contributed by atoms with E-state index in [1.54, 1.807) is 24.3 Å². The van der Waals surface area contributed by atoms with E-state index in [2.05, 4.69) is 26.1 Å². The highest BCUT2D eigenvalue weighted by atomic mass is 28.4. The van der Waals surface area contributed by atoms with Gasteiger partial charge >= 0.3 is 5.97 Å². The standard InChI is InChI=1S/C15H23NO3Si/c1-11(17)16-13-9-7-12(8-10-13)14(18)19-20(5,6)15(2,3)4/h7-10H,1-6H3,(H,16,17). The molecule has 1 aromatic carbocycles. The second-order valence-electron chi connectivity index (χ2n) is 6.41. The fourth-order valence-corrected chi connectivity index (χ4v) is 2.22. The fourth-order valence-electron chi connectivity index (χ4n) is 1.34. The Hall–Kier alpha value is -1.62. The van der Waals surface area contributed by atoms with Crippen LogP contribution in [0.3, 0.4) is 0 Å². The number of anilines is 1. The minimum Gasteiger partial charge on any atom is -0.516 e. The smallest absolute Gasteiger partial charge is 0.324 e. The number of carbonyl (C=O) groups is 2. The van der Waals surface area contributed by atoms with E-state index >= 15 is 0 Å². The molecule has 20 heavy (non-hydrogen) atoms. The minimum absolute atomic E-state index is 0.0151. The Morgan fingerprint density at radius 3 is 2.00 bits per heavy atom. The third kappa shape index (κ3) is 4.20. The number of hydrogen-bond donors (Lipinski definition) is 1. The molecule has 0 atom stereocenters. The van der Waals surface area contributed by atoms with Crippen LogP contribution in [0.5, 0.6) is 0 Å². The molecule has 0 aliphatic rings. The topological polar surface area (TPSA) is 55.4 Å². The van der Waals surface area contributed by atoms with Gasteiger partial charge in [-0.2, -0.15) is 0 Å². The van der Waals surface area contributed by atoms with E-state index in [1.165, 1.54) is 6.92 Å². The summed E-state index contributed by atoms with van der Waals surface area (Å²) in [5.74, 6) is -0.437. The number of hydrogen-bond acceptors (Lipinski definition) is 3. The van der Waals surface area contributed by atoms with Crippen molar-refractivity contribution in [1.82, 2.24) is 0 Å². The Balaban J connectivity index is 2.81.